The van der Waals surface area contributed by atoms with Crippen LogP contribution in [0.3, 0.4) is 0 Å². The van der Waals surface area contributed by atoms with Crippen LogP contribution in [0.1, 0.15) is 55.0 Å². The van der Waals surface area contributed by atoms with Crippen LogP contribution in [0.4, 0.5) is 5.69 Å². The van der Waals surface area contributed by atoms with Crippen molar-refractivity contribution >= 4 is 23.1 Å². The highest BCUT2D eigenvalue weighted by Gasteiger charge is 2.47. The van der Waals surface area contributed by atoms with Crippen molar-refractivity contribution < 1.29 is 38.7 Å². The number of carbonyl (C=O) groups is 2. The first-order valence-corrected chi connectivity index (χ1v) is 13.0. The average molecular weight is 546 g/mol. The number of Topliss-reactive ketones (excluding diaryl/α,β-unsaturated/α-hetero) is 1. The zero-order valence-electron chi connectivity index (χ0n) is 23.0. The molecule has 0 radical (unpaired) electrons. The monoisotopic (exact) mass is 545 g/mol. The molecular weight excluding hydrogens is 514 g/mol. The van der Waals surface area contributed by atoms with Crippen molar-refractivity contribution in [1.82, 2.24) is 0 Å². The van der Waals surface area contributed by atoms with Gasteiger partial charge in [0, 0.05) is 17.3 Å². The first-order chi connectivity index (χ1) is 19.2. The van der Waals surface area contributed by atoms with Gasteiger partial charge in [0.05, 0.1) is 25.3 Å². The molecule has 1 amide bonds. The number of fused-ring (bicyclic) bond motifs is 1. The number of aryl methyl sites for hydroxylation is 1. The van der Waals surface area contributed by atoms with Crippen LogP contribution in [0.2, 0.25) is 0 Å². The van der Waals surface area contributed by atoms with Gasteiger partial charge in [-0.3, -0.25) is 14.5 Å². The number of ether oxygens (including phenoxy) is 4. The lowest BCUT2D eigenvalue weighted by Gasteiger charge is -2.26. The van der Waals surface area contributed by atoms with Gasteiger partial charge in [0.15, 0.2) is 23.0 Å². The molecule has 2 N–H and O–H groups in total. The number of carbonyl (C=O) groups excluding carboxylic acids is 2. The fraction of sp³-hybridized carbons (Fsp3) is 0.290. The van der Waals surface area contributed by atoms with Gasteiger partial charge in [0.2, 0.25) is 6.79 Å². The van der Waals surface area contributed by atoms with E-state index in [2.05, 4.69) is 0 Å². The van der Waals surface area contributed by atoms with Crippen LogP contribution in [-0.4, -0.2) is 42.4 Å². The van der Waals surface area contributed by atoms with E-state index in [1.54, 1.807) is 63.4 Å². The summed E-state index contributed by atoms with van der Waals surface area (Å²) in [6, 6.07) is 12.1. The number of aliphatic hydroxyl groups is 1. The van der Waals surface area contributed by atoms with Gasteiger partial charge in [-0.2, -0.15) is 0 Å². The van der Waals surface area contributed by atoms with Crippen molar-refractivity contribution in [3.63, 3.8) is 0 Å². The van der Waals surface area contributed by atoms with Gasteiger partial charge >= 0.3 is 0 Å². The summed E-state index contributed by atoms with van der Waals surface area (Å²) in [6.07, 6.45) is 0. The number of ketones is 1. The predicted octanol–water partition coefficient (Wildman–Crippen LogP) is 5.59. The van der Waals surface area contributed by atoms with E-state index in [4.69, 9.17) is 18.9 Å². The molecule has 0 saturated carbocycles. The summed E-state index contributed by atoms with van der Waals surface area (Å²) in [4.78, 5) is 28.6. The topological polar surface area (TPSA) is 115 Å². The Labute approximate surface area is 232 Å². The van der Waals surface area contributed by atoms with Crippen molar-refractivity contribution in [2.75, 3.05) is 25.4 Å². The zero-order valence-corrected chi connectivity index (χ0v) is 23.0. The van der Waals surface area contributed by atoms with Crippen LogP contribution in [0, 0.1) is 6.92 Å². The molecule has 0 bridgehead atoms. The van der Waals surface area contributed by atoms with Crippen molar-refractivity contribution in [3.8, 4) is 28.7 Å². The molecule has 1 saturated heterocycles. The van der Waals surface area contributed by atoms with E-state index in [9.17, 15) is 19.8 Å². The summed E-state index contributed by atoms with van der Waals surface area (Å²) in [7, 11) is 1.58. The van der Waals surface area contributed by atoms with Crippen LogP contribution < -0.4 is 23.8 Å². The van der Waals surface area contributed by atoms with Crippen LogP contribution in [0.15, 0.2) is 54.1 Å². The Balaban J connectivity index is 1.75. The second-order valence-electron chi connectivity index (χ2n) is 9.93. The molecule has 9 heteroatoms. The predicted molar refractivity (Wildman–Crippen MR) is 148 cm³/mol. The maximum atomic E-state index is 13.7. The molecule has 1 atom stereocenters. The smallest absolute Gasteiger partial charge is 0.300 e. The number of amides is 1. The number of phenols is 1. The Morgan fingerprint density at radius 2 is 1.80 bits per heavy atom. The molecule has 2 aliphatic rings. The number of benzene rings is 3. The molecule has 208 valence electrons. The molecule has 0 aliphatic carbocycles. The van der Waals surface area contributed by atoms with E-state index in [1.165, 1.54) is 11.0 Å². The number of anilines is 1. The first-order valence-electron chi connectivity index (χ1n) is 13.0. The molecule has 2 heterocycles. The second-order valence-corrected chi connectivity index (χ2v) is 9.93. The Morgan fingerprint density at radius 3 is 2.50 bits per heavy atom. The van der Waals surface area contributed by atoms with Crippen LogP contribution in [0.25, 0.3) is 5.76 Å². The Hall–Kier alpha value is -4.66. The number of hydrogen-bond donors (Lipinski definition) is 2. The molecule has 1 fully saturated rings. The number of methoxy groups -OCH3 is 1. The van der Waals surface area contributed by atoms with Crippen molar-refractivity contribution in [1.29, 1.82) is 0 Å². The van der Waals surface area contributed by atoms with Crippen molar-refractivity contribution in [3.05, 3.63) is 76.4 Å². The zero-order chi connectivity index (χ0) is 28.7. The highest BCUT2D eigenvalue weighted by molar-refractivity contribution is 6.51. The van der Waals surface area contributed by atoms with Gasteiger partial charge in [-0.05, 0) is 72.9 Å². The Kier molecular flexibility index (Phi) is 7.06. The first kappa shape index (κ1) is 26.9. The number of nitrogens with zero attached hydrogens (tertiary/aromatic N) is 1. The molecule has 40 heavy (non-hydrogen) atoms. The van der Waals surface area contributed by atoms with Crippen LogP contribution >= 0.6 is 0 Å². The lowest BCUT2D eigenvalue weighted by atomic mass is 9.91. The molecule has 0 spiro atoms. The molecule has 3 aromatic carbocycles. The highest BCUT2D eigenvalue weighted by Crippen LogP contribution is 2.47. The van der Waals surface area contributed by atoms with E-state index in [-0.39, 0.29) is 35.5 Å². The lowest BCUT2D eigenvalue weighted by molar-refractivity contribution is -0.132. The number of hydrogen-bond acceptors (Lipinski definition) is 8. The number of aromatic hydroxyl groups is 1. The normalized spacial score (nSPS) is 17.6. The van der Waals surface area contributed by atoms with Crippen LogP contribution in [0.5, 0.6) is 28.7 Å². The molecule has 5 rings (SSSR count). The largest absolute Gasteiger partial charge is 0.507 e. The summed E-state index contributed by atoms with van der Waals surface area (Å²) in [5, 5.41) is 22.1. The number of rotatable bonds is 7. The third-order valence-corrected chi connectivity index (χ3v) is 7.13. The molecule has 9 nitrogen and oxygen atoms in total. The molecule has 2 aliphatic heterocycles. The third kappa shape index (κ3) is 4.47. The molecule has 3 aromatic rings. The second kappa shape index (κ2) is 10.5. The van der Waals surface area contributed by atoms with Gasteiger partial charge in [-0.15, -0.1) is 0 Å². The summed E-state index contributed by atoms with van der Waals surface area (Å²) in [6.45, 7) is 7.93. The third-order valence-electron chi connectivity index (χ3n) is 7.13. The molecule has 1 unspecified atom stereocenters. The van der Waals surface area contributed by atoms with Gasteiger partial charge in [0.25, 0.3) is 11.7 Å². The van der Waals surface area contributed by atoms with E-state index >= 15 is 0 Å². The Morgan fingerprint density at radius 1 is 1.05 bits per heavy atom. The van der Waals surface area contributed by atoms with E-state index in [0.29, 0.717) is 46.2 Å². The quantitative estimate of drug-likeness (QED) is 0.224. The SMILES string of the molecule is CCOc1cc(C2/C(=C(\O)c3cc(C(C)C)c(OC)cc3C)C(=O)C(=O)N2c2ccc3c(c2)OCO3)ccc1O. The van der Waals surface area contributed by atoms with Gasteiger partial charge in [-0.1, -0.05) is 19.9 Å². The van der Waals surface area contributed by atoms with Gasteiger partial charge in [-0.25, -0.2) is 0 Å². The summed E-state index contributed by atoms with van der Waals surface area (Å²) >= 11 is 0. The van der Waals surface area contributed by atoms with E-state index in [0.717, 1.165) is 5.56 Å². The van der Waals surface area contributed by atoms with Gasteiger partial charge in [0.1, 0.15) is 11.5 Å². The number of phenolic OH excluding ortho intramolecular Hbond substituents is 1. The summed E-state index contributed by atoms with van der Waals surface area (Å²) in [5.74, 6) is -0.154. The Bertz CT molecular complexity index is 1540. The van der Waals surface area contributed by atoms with Crippen LogP contribution in [-0.2, 0) is 9.59 Å². The minimum Gasteiger partial charge on any atom is -0.507 e. The summed E-state index contributed by atoms with van der Waals surface area (Å²) in [5.41, 5.74) is 2.71. The standard InChI is InChI=1S/C31H31NO8/c1-6-38-25-12-18(7-9-22(25)33)28-27(29(34)21-14-20(16(2)3)24(37-5)11-17(21)4)30(35)31(36)32(28)19-8-10-23-26(13-19)40-15-39-23/h7-14,16,28,33-34H,6,15H2,1-5H3/b29-27+. The highest BCUT2D eigenvalue weighted by atomic mass is 16.7. The maximum absolute atomic E-state index is 13.7. The molecular formula is C31H31NO8. The summed E-state index contributed by atoms with van der Waals surface area (Å²) < 4.78 is 22.1. The van der Waals surface area contributed by atoms with Gasteiger partial charge < -0.3 is 29.2 Å². The molecule has 0 aromatic heterocycles. The fourth-order valence-corrected chi connectivity index (χ4v) is 5.15. The van der Waals surface area contributed by atoms with Crippen molar-refractivity contribution in [2.45, 2.75) is 39.7 Å². The fourth-order valence-electron chi connectivity index (χ4n) is 5.15. The average Bonchev–Trinajstić information content (AvgIpc) is 3.51. The maximum Gasteiger partial charge on any atom is 0.300 e. The lowest BCUT2D eigenvalue weighted by Crippen LogP contribution is -2.29. The van der Waals surface area contributed by atoms with E-state index in [1.807, 2.05) is 13.8 Å². The minimum atomic E-state index is -1.02. The van der Waals surface area contributed by atoms with E-state index < -0.39 is 17.7 Å². The minimum absolute atomic E-state index is 0.0473. The number of aliphatic hydroxyl groups excluding tert-OH is 1. The van der Waals surface area contributed by atoms with Crippen molar-refractivity contribution in [2.24, 2.45) is 0 Å².